The summed E-state index contributed by atoms with van der Waals surface area (Å²) in [4.78, 5) is 12.1. The average molecular weight is 233 g/mol. The molecule has 1 saturated carbocycles. The minimum atomic E-state index is -0.392. The number of rotatable bonds is 2. The largest absolute Gasteiger partial charge is 0.391 e. The van der Waals surface area contributed by atoms with E-state index in [1.165, 1.54) is 0 Å². The molecular formula is C14H19NO2. The maximum Gasteiger partial charge on any atom is 0.251 e. The first-order valence-electron chi connectivity index (χ1n) is 6.23. The zero-order valence-electron chi connectivity index (χ0n) is 10.1. The van der Waals surface area contributed by atoms with Gasteiger partial charge in [0.1, 0.15) is 0 Å². The lowest BCUT2D eigenvalue weighted by Crippen LogP contribution is -2.45. The molecular weight excluding hydrogens is 214 g/mol. The van der Waals surface area contributed by atoms with Gasteiger partial charge in [0.25, 0.3) is 5.91 Å². The molecule has 2 rings (SSSR count). The van der Waals surface area contributed by atoms with E-state index in [1.807, 2.05) is 31.2 Å². The van der Waals surface area contributed by atoms with Crippen LogP contribution in [-0.4, -0.2) is 23.2 Å². The van der Waals surface area contributed by atoms with E-state index in [2.05, 4.69) is 5.32 Å². The van der Waals surface area contributed by atoms with Gasteiger partial charge < -0.3 is 10.4 Å². The molecule has 0 aromatic heterocycles. The number of amides is 1. The molecule has 1 aromatic carbocycles. The van der Waals surface area contributed by atoms with Crippen molar-refractivity contribution < 1.29 is 9.90 Å². The Hall–Kier alpha value is -1.35. The zero-order chi connectivity index (χ0) is 12.3. The Bertz CT molecular complexity index is 403. The predicted molar refractivity (Wildman–Crippen MR) is 66.9 cm³/mol. The van der Waals surface area contributed by atoms with Crippen molar-refractivity contribution >= 4 is 5.91 Å². The maximum absolute atomic E-state index is 12.1. The second-order valence-electron chi connectivity index (χ2n) is 4.75. The minimum Gasteiger partial charge on any atom is -0.391 e. The minimum absolute atomic E-state index is 0.0750. The van der Waals surface area contributed by atoms with Crippen molar-refractivity contribution in [2.45, 2.75) is 44.8 Å². The number of carbonyl (C=O) groups is 1. The summed E-state index contributed by atoms with van der Waals surface area (Å²) in [5, 5.41) is 12.8. The van der Waals surface area contributed by atoms with Gasteiger partial charge in [-0.3, -0.25) is 4.79 Å². The Labute approximate surface area is 102 Å². The SMILES string of the molecule is Cc1ccccc1C(=O)N[C@@H]1CCCC[C@H]1O. The topological polar surface area (TPSA) is 49.3 Å². The molecule has 0 bridgehead atoms. The van der Waals surface area contributed by atoms with Crippen LogP contribution in [0.4, 0.5) is 0 Å². The summed E-state index contributed by atoms with van der Waals surface area (Å²) in [5.41, 5.74) is 1.67. The van der Waals surface area contributed by atoms with Crippen molar-refractivity contribution in [2.75, 3.05) is 0 Å². The lowest BCUT2D eigenvalue weighted by Gasteiger charge is -2.28. The summed E-state index contributed by atoms with van der Waals surface area (Å²) < 4.78 is 0. The van der Waals surface area contributed by atoms with E-state index in [9.17, 15) is 9.90 Å². The van der Waals surface area contributed by atoms with E-state index in [4.69, 9.17) is 0 Å². The molecule has 92 valence electrons. The normalized spacial score (nSPS) is 24.4. The van der Waals surface area contributed by atoms with Gasteiger partial charge in [-0.1, -0.05) is 31.0 Å². The van der Waals surface area contributed by atoms with Crippen molar-refractivity contribution in [2.24, 2.45) is 0 Å². The van der Waals surface area contributed by atoms with E-state index < -0.39 is 6.10 Å². The number of carbonyl (C=O) groups excluding carboxylic acids is 1. The van der Waals surface area contributed by atoms with Crippen molar-refractivity contribution in [1.29, 1.82) is 0 Å². The lowest BCUT2D eigenvalue weighted by atomic mass is 9.92. The Morgan fingerprint density at radius 3 is 2.71 bits per heavy atom. The second-order valence-corrected chi connectivity index (χ2v) is 4.75. The summed E-state index contributed by atoms with van der Waals surface area (Å²) in [5.74, 6) is -0.0750. The average Bonchev–Trinajstić information content (AvgIpc) is 2.32. The third kappa shape index (κ3) is 2.86. The quantitative estimate of drug-likeness (QED) is 0.821. The third-order valence-corrected chi connectivity index (χ3v) is 3.44. The molecule has 1 aliphatic carbocycles. The molecule has 1 aliphatic rings. The highest BCUT2D eigenvalue weighted by Gasteiger charge is 2.25. The molecule has 0 spiro atoms. The fourth-order valence-corrected chi connectivity index (χ4v) is 2.35. The summed E-state index contributed by atoms with van der Waals surface area (Å²) in [7, 11) is 0. The Morgan fingerprint density at radius 2 is 2.00 bits per heavy atom. The first kappa shape index (κ1) is 12.1. The molecule has 3 heteroatoms. The smallest absolute Gasteiger partial charge is 0.251 e. The molecule has 2 atom stereocenters. The fourth-order valence-electron chi connectivity index (χ4n) is 2.35. The monoisotopic (exact) mass is 233 g/mol. The van der Waals surface area contributed by atoms with Gasteiger partial charge >= 0.3 is 0 Å². The van der Waals surface area contributed by atoms with Crippen molar-refractivity contribution in [3.8, 4) is 0 Å². The standard InChI is InChI=1S/C14H19NO2/c1-10-6-2-3-7-11(10)14(17)15-12-8-4-5-9-13(12)16/h2-3,6-7,12-13,16H,4-5,8-9H2,1H3,(H,15,17)/t12-,13-/m1/s1. The highest BCUT2D eigenvalue weighted by atomic mass is 16.3. The zero-order valence-corrected chi connectivity index (χ0v) is 10.1. The van der Waals surface area contributed by atoms with Crippen LogP contribution in [-0.2, 0) is 0 Å². The molecule has 1 aromatic rings. The molecule has 3 nitrogen and oxygen atoms in total. The molecule has 2 N–H and O–H groups in total. The highest BCUT2D eigenvalue weighted by Crippen LogP contribution is 2.19. The van der Waals surface area contributed by atoms with Crippen LogP contribution in [0.5, 0.6) is 0 Å². The lowest BCUT2D eigenvalue weighted by molar-refractivity contribution is 0.0717. The van der Waals surface area contributed by atoms with E-state index in [-0.39, 0.29) is 11.9 Å². The number of nitrogens with one attached hydrogen (secondary N) is 1. The van der Waals surface area contributed by atoms with Gasteiger partial charge in [0, 0.05) is 5.56 Å². The van der Waals surface area contributed by atoms with Crippen molar-refractivity contribution in [3.63, 3.8) is 0 Å². The van der Waals surface area contributed by atoms with Crippen molar-refractivity contribution in [3.05, 3.63) is 35.4 Å². The van der Waals surface area contributed by atoms with Crippen LogP contribution in [0.1, 0.15) is 41.6 Å². The Morgan fingerprint density at radius 1 is 1.29 bits per heavy atom. The number of hydrogen-bond acceptors (Lipinski definition) is 2. The van der Waals surface area contributed by atoms with Crippen LogP contribution < -0.4 is 5.32 Å². The summed E-state index contributed by atoms with van der Waals surface area (Å²) in [6, 6.07) is 7.43. The summed E-state index contributed by atoms with van der Waals surface area (Å²) >= 11 is 0. The molecule has 1 fully saturated rings. The van der Waals surface area contributed by atoms with E-state index in [0.29, 0.717) is 5.56 Å². The van der Waals surface area contributed by atoms with Gasteiger partial charge in [-0.15, -0.1) is 0 Å². The number of aliphatic hydroxyl groups is 1. The molecule has 0 heterocycles. The van der Waals surface area contributed by atoms with Crippen LogP contribution in [0.2, 0.25) is 0 Å². The van der Waals surface area contributed by atoms with Gasteiger partial charge in [0.05, 0.1) is 12.1 Å². The van der Waals surface area contributed by atoms with Crippen molar-refractivity contribution in [1.82, 2.24) is 5.32 Å². The highest BCUT2D eigenvalue weighted by molar-refractivity contribution is 5.95. The van der Waals surface area contributed by atoms with Gasteiger partial charge in [-0.05, 0) is 31.4 Å². The van der Waals surface area contributed by atoms with Crippen LogP contribution in [0.25, 0.3) is 0 Å². The van der Waals surface area contributed by atoms with Crippen LogP contribution in [0.15, 0.2) is 24.3 Å². The summed E-state index contributed by atoms with van der Waals surface area (Å²) in [6.45, 7) is 1.92. The number of aryl methyl sites for hydroxylation is 1. The Kier molecular flexibility index (Phi) is 3.79. The molecule has 0 radical (unpaired) electrons. The third-order valence-electron chi connectivity index (χ3n) is 3.44. The van der Waals surface area contributed by atoms with Crippen LogP contribution in [0, 0.1) is 6.92 Å². The molecule has 17 heavy (non-hydrogen) atoms. The molecule has 1 amide bonds. The van der Waals surface area contributed by atoms with Gasteiger partial charge in [0.15, 0.2) is 0 Å². The fraction of sp³-hybridized carbons (Fsp3) is 0.500. The van der Waals surface area contributed by atoms with Gasteiger partial charge in [-0.25, -0.2) is 0 Å². The van der Waals surface area contributed by atoms with Gasteiger partial charge in [0.2, 0.25) is 0 Å². The first-order chi connectivity index (χ1) is 8.18. The molecule has 0 aliphatic heterocycles. The van der Waals surface area contributed by atoms with E-state index in [0.717, 1.165) is 31.2 Å². The first-order valence-corrected chi connectivity index (χ1v) is 6.23. The summed E-state index contributed by atoms with van der Waals surface area (Å²) in [6.07, 6.45) is 3.40. The number of benzene rings is 1. The predicted octanol–water partition coefficient (Wildman–Crippen LogP) is 2.03. The maximum atomic E-state index is 12.1. The number of aliphatic hydroxyl groups excluding tert-OH is 1. The van der Waals surface area contributed by atoms with Gasteiger partial charge in [-0.2, -0.15) is 0 Å². The van der Waals surface area contributed by atoms with Crippen LogP contribution >= 0.6 is 0 Å². The molecule has 0 unspecified atom stereocenters. The van der Waals surface area contributed by atoms with Crippen LogP contribution in [0.3, 0.4) is 0 Å². The Balaban J connectivity index is 2.04. The van der Waals surface area contributed by atoms with E-state index >= 15 is 0 Å². The van der Waals surface area contributed by atoms with E-state index in [1.54, 1.807) is 0 Å². The number of hydrogen-bond donors (Lipinski definition) is 2. The second kappa shape index (κ2) is 5.32. The molecule has 0 saturated heterocycles.